The Morgan fingerprint density at radius 2 is 1.76 bits per heavy atom. The van der Waals surface area contributed by atoms with Crippen molar-refractivity contribution in [3.05, 3.63) is 83.7 Å². The first kappa shape index (κ1) is 19.2. The van der Waals surface area contributed by atoms with E-state index in [0.29, 0.717) is 32.0 Å². The first-order valence-corrected chi connectivity index (χ1v) is 9.69. The van der Waals surface area contributed by atoms with Crippen LogP contribution in [0.1, 0.15) is 11.1 Å². The largest absolute Gasteiger partial charge is 0.457 e. The average molecular weight is 390 g/mol. The van der Waals surface area contributed by atoms with Gasteiger partial charge in [-0.3, -0.25) is 4.99 Å². The summed E-state index contributed by atoms with van der Waals surface area (Å²) in [6, 6.07) is 20.6. The SMILES string of the molecule is Cc1ccccc1Oc1ccc(N=Cc2ccc(N3CCOCC3)c(F)c2)cc1. The first-order valence-electron chi connectivity index (χ1n) is 9.69. The molecule has 148 valence electrons. The molecule has 5 heteroatoms. The number of aryl methyl sites for hydroxylation is 1. The third-order valence-corrected chi connectivity index (χ3v) is 4.84. The number of rotatable bonds is 5. The summed E-state index contributed by atoms with van der Waals surface area (Å²) in [6.07, 6.45) is 1.67. The zero-order valence-electron chi connectivity index (χ0n) is 16.3. The maximum Gasteiger partial charge on any atom is 0.147 e. The quantitative estimate of drug-likeness (QED) is 0.539. The molecule has 0 aromatic heterocycles. The predicted molar refractivity (Wildman–Crippen MR) is 114 cm³/mol. The van der Waals surface area contributed by atoms with Gasteiger partial charge in [-0.15, -0.1) is 0 Å². The Labute approximate surface area is 170 Å². The van der Waals surface area contributed by atoms with Crippen LogP contribution in [0.15, 0.2) is 71.7 Å². The summed E-state index contributed by atoms with van der Waals surface area (Å²) in [5.74, 6) is 1.34. The van der Waals surface area contributed by atoms with Crippen LogP contribution in [0.2, 0.25) is 0 Å². The van der Waals surface area contributed by atoms with Gasteiger partial charge >= 0.3 is 0 Å². The standard InChI is InChI=1S/C24H23FN2O2/c1-18-4-2-3-5-24(18)29-21-9-7-20(8-10-21)26-17-19-6-11-23(22(25)16-19)27-12-14-28-15-13-27/h2-11,16-17H,12-15H2,1H3. The van der Waals surface area contributed by atoms with E-state index in [0.717, 1.165) is 28.3 Å². The second kappa shape index (κ2) is 8.88. The second-order valence-corrected chi connectivity index (χ2v) is 6.93. The highest BCUT2D eigenvalue weighted by atomic mass is 19.1. The van der Waals surface area contributed by atoms with Crippen LogP contribution in [-0.4, -0.2) is 32.5 Å². The fraction of sp³-hybridized carbons (Fsp3) is 0.208. The number of anilines is 1. The van der Waals surface area contributed by atoms with E-state index in [2.05, 4.69) is 4.99 Å². The minimum Gasteiger partial charge on any atom is -0.457 e. The van der Waals surface area contributed by atoms with Gasteiger partial charge in [-0.2, -0.15) is 0 Å². The Morgan fingerprint density at radius 3 is 2.48 bits per heavy atom. The molecule has 0 spiro atoms. The van der Waals surface area contributed by atoms with E-state index in [4.69, 9.17) is 9.47 Å². The summed E-state index contributed by atoms with van der Waals surface area (Å²) in [5, 5.41) is 0. The summed E-state index contributed by atoms with van der Waals surface area (Å²) in [4.78, 5) is 6.45. The normalized spacial score (nSPS) is 14.3. The van der Waals surface area contributed by atoms with Crippen LogP contribution in [-0.2, 0) is 4.74 Å². The number of aliphatic imine (C=N–C) groups is 1. The van der Waals surface area contributed by atoms with Gasteiger partial charge in [0.15, 0.2) is 0 Å². The van der Waals surface area contributed by atoms with Crippen LogP contribution in [0.5, 0.6) is 11.5 Å². The fourth-order valence-electron chi connectivity index (χ4n) is 3.21. The molecule has 0 atom stereocenters. The zero-order valence-corrected chi connectivity index (χ0v) is 16.3. The lowest BCUT2D eigenvalue weighted by Gasteiger charge is -2.29. The molecule has 1 aliphatic heterocycles. The van der Waals surface area contributed by atoms with Gasteiger partial charge in [-0.05, 0) is 60.5 Å². The highest BCUT2D eigenvalue weighted by Gasteiger charge is 2.14. The van der Waals surface area contributed by atoms with E-state index in [1.165, 1.54) is 6.07 Å². The zero-order chi connectivity index (χ0) is 20.1. The second-order valence-electron chi connectivity index (χ2n) is 6.93. The molecular weight excluding hydrogens is 367 g/mol. The summed E-state index contributed by atoms with van der Waals surface area (Å²) < 4.78 is 25.7. The van der Waals surface area contributed by atoms with Crippen molar-refractivity contribution >= 4 is 17.6 Å². The van der Waals surface area contributed by atoms with Crippen molar-refractivity contribution in [2.24, 2.45) is 4.99 Å². The van der Waals surface area contributed by atoms with Crippen molar-refractivity contribution < 1.29 is 13.9 Å². The lowest BCUT2D eigenvalue weighted by molar-refractivity contribution is 0.122. The van der Waals surface area contributed by atoms with Crippen LogP contribution < -0.4 is 9.64 Å². The smallest absolute Gasteiger partial charge is 0.147 e. The van der Waals surface area contributed by atoms with E-state index in [1.54, 1.807) is 12.3 Å². The molecule has 1 saturated heterocycles. The van der Waals surface area contributed by atoms with Crippen LogP contribution >= 0.6 is 0 Å². The molecule has 4 nitrogen and oxygen atoms in total. The van der Waals surface area contributed by atoms with E-state index in [-0.39, 0.29) is 5.82 Å². The highest BCUT2D eigenvalue weighted by molar-refractivity contribution is 5.82. The molecule has 4 rings (SSSR count). The van der Waals surface area contributed by atoms with Crippen molar-refractivity contribution in [2.45, 2.75) is 6.92 Å². The number of benzene rings is 3. The van der Waals surface area contributed by atoms with Gasteiger partial charge in [0.05, 0.1) is 24.6 Å². The molecule has 0 radical (unpaired) electrons. The maximum atomic E-state index is 14.5. The van der Waals surface area contributed by atoms with Crippen molar-refractivity contribution in [3.63, 3.8) is 0 Å². The third-order valence-electron chi connectivity index (χ3n) is 4.84. The molecule has 1 heterocycles. The Morgan fingerprint density at radius 1 is 1.00 bits per heavy atom. The molecule has 3 aromatic rings. The third kappa shape index (κ3) is 4.81. The van der Waals surface area contributed by atoms with E-state index < -0.39 is 0 Å². The number of nitrogens with zero attached hydrogens (tertiary/aromatic N) is 2. The minimum absolute atomic E-state index is 0.238. The number of morpholine rings is 1. The van der Waals surface area contributed by atoms with E-state index in [1.807, 2.05) is 66.4 Å². The maximum absolute atomic E-state index is 14.5. The molecule has 3 aromatic carbocycles. The molecule has 0 amide bonds. The first-order chi connectivity index (χ1) is 14.2. The van der Waals surface area contributed by atoms with E-state index >= 15 is 0 Å². The average Bonchev–Trinajstić information content (AvgIpc) is 2.75. The van der Waals surface area contributed by atoms with Gasteiger partial charge in [-0.1, -0.05) is 24.3 Å². The minimum atomic E-state index is -0.238. The van der Waals surface area contributed by atoms with Crippen molar-refractivity contribution in [1.29, 1.82) is 0 Å². The van der Waals surface area contributed by atoms with Crippen LogP contribution in [0, 0.1) is 12.7 Å². The number of para-hydroxylation sites is 1. The van der Waals surface area contributed by atoms with Gasteiger partial charge in [0.25, 0.3) is 0 Å². The fourth-order valence-corrected chi connectivity index (χ4v) is 3.21. The molecule has 0 unspecified atom stereocenters. The molecule has 29 heavy (non-hydrogen) atoms. The Hall–Kier alpha value is -3.18. The summed E-state index contributed by atoms with van der Waals surface area (Å²) in [6.45, 7) is 4.69. The van der Waals surface area contributed by atoms with E-state index in [9.17, 15) is 4.39 Å². The highest BCUT2D eigenvalue weighted by Crippen LogP contribution is 2.26. The van der Waals surface area contributed by atoms with Crippen LogP contribution in [0.3, 0.4) is 0 Å². The number of hydrogen-bond acceptors (Lipinski definition) is 4. The topological polar surface area (TPSA) is 34.1 Å². The summed E-state index contributed by atoms with van der Waals surface area (Å²) in [5.41, 5.74) is 3.19. The van der Waals surface area contributed by atoms with Gasteiger partial charge < -0.3 is 14.4 Å². The van der Waals surface area contributed by atoms with Crippen molar-refractivity contribution in [1.82, 2.24) is 0 Å². The lowest BCUT2D eigenvalue weighted by atomic mass is 10.2. The van der Waals surface area contributed by atoms with Crippen LogP contribution in [0.25, 0.3) is 0 Å². The molecule has 0 aliphatic carbocycles. The summed E-state index contributed by atoms with van der Waals surface area (Å²) in [7, 11) is 0. The Kier molecular flexibility index (Phi) is 5.86. The van der Waals surface area contributed by atoms with Gasteiger partial charge in [0.1, 0.15) is 17.3 Å². The van der Waals surface area contributed by atoms with Crippen molar-refractivity contribution in [2.75, 3.05) is 31.2 Å². The van der Waals surface area contributed by atoms with Gasteiger partial charge in [0, 0.05) is 19.3 Å². The predicted octanol–water partition coefficient (Wildman–Crippen LogP) is 5.51. The lowest BCUT2D eigenvalue weighted by Crippen LogP contribution is -2.36. The number of halogens is 1. The van der Waals surface area contributed by atoms with Crippen LogP contribution in [0.4, 0.5) is 15.8 Å². The Balaban J connectivity index is 1.42. The van der Waals surface area contributed by atoms with Gasteiger partial charge in [-0.25, -0.2) is 4.39 Å². The number of ether oxygens (including phenoxy) is 2. The molecule has 0 N–H and O–H groups in total. The molecular formula is C24H23FN2O2. The monoisotopic (exact) mass is 390 g/mol. The molecule has 0 bridgehead atoms. The van der Waals surface area contributed by atoms with Crippen molar-refractivity contribution in [3.8, 4) is 11.5 Å². The Bertz CT molecular complexity index is 996. The molecule has 1 fully saturated rings. The summed E-state index contributed by atoms with van der Waals surface area (Å²) >= 11 is 0. The van der Waals surface area contributed by atoms with Gasteiger partial charge in [0.2, 0.25) is 0 Å². The number of hydrogen-bond donors (Lipinski definition) is 0. The molecule has 0 saturated carbocycles. The molecule has 1 aliphatic rings.